The third-order valence-corrected chi connectivity index (χ3v) is 2.93. The smallest absolute Gasteiger partial charge is 0.259 e. The Bertz CT molecular complexity index is 695. The number of aryl methyl sites for hydroxylation is 1. The van der Waals surface area contributed by atoms with Crippen molar-refractivity contribution in [3.63, 3.8) is 0 Å². The Hall–Kier alpha value is -2.83. The summed E-state index contributed by atoms with van der Waals surface area (Å²) in [5.41, 5.74) is 5.93. The van der Waals surface area contributed by atoms with Crippen LogP contribution in [0.2, 0.25) is 0 Å². The van der Waals surface area contributed by atoms with Gasteiger partial charge in [-0.1, -0.05) is 12.1 Å². The third kappa shape index (κ3) is 3.02. The molecule has 110 valence electrons. The molecule has 0 unspecified atom stereocenters. The van der Waals surface area contributed by atoms with Gasteiger partial charge in [-0.3, -0.25) is 4.79 Å². The average Bonchev–Trinajstić information content (AvgIpc) is 2.97. The highest BCUT2D eigenvalue weighted by Crippen LogP contribution is 2.18. The van der Waals surface area contributed by atoms with Crippen LogP contribution < -0.4 is 11.1 Å². The number of nitrogens with one attached hydrogen (secondary N) is 1. The number of furan rings is 1. The fourth-order valence-electron chi connectivity index (χ4n) is 1.84. The summed E-state index contributed by atoms with van der Waals surface area (Å²) in [7, 11) is 0. The number of oxime groups is 1. The fraction of sp³-hybridized carbons (Fsp3) is 0.143. The van der Waals surface area contributed by atoms with E-state index >= 15 is 0 Å². The van der Waals surface area contributed by atoms with E-state index < -0.39 is 11.7 Å². The van der Waals surface area contributed by atoms with Gasteiger partial charge in [-0.15, -0.1) is 0 Å². The molecular formula is C14H14FN3O3. The van der Waals surface area contributed by atoms with Crippen molar-refractivity contribution in [1.82, 2.24) is 0 Å². The van der Waals surface area contributed by atoms with Crippen LogP contribution in [-0.4, -0.2) is 17.0 Å². The quantitative estimate of drug-likeness (QED) is 0.348. The van der Waals surface area contributed by atoms with Gasteiger partial charge >= 0.3 is 0 Å². The molecule has 2 rings (SSSR count). The minimum absolute atomic E-state index is 0.00209. The zero-order valence-corrected chi connectivity index (χ0v) is 11.3. The number of carbonyl (C=O) groups is 1. The number of hydrogen-bond donors (Lipinski definition) is 3. The Kier molecular flexibility index (Phi) is 4.22. The number of nitrogens with two attached hydrogens (primary N) is 1. The Morgan fingerprint density at radius 1 is 1.48 bits per heavy atom. The molecule has 0 aliphatic rings. The van der Waals surface area contributed by atoms with E-state index in [0.717, 1.165) is 6.07 Å². The van der Waals surface area contributed by atoms with Crippen molar-refractivity contribution >= 4 is 17.4 Å². The molecule has 4 N–H and O–H groups in total. The second-order valence-corrected chi connectivity index (χ2v) is 4.24. The van der Waals surface area contributed by atoms with E-state index in [2.05, 4.69) is 10.5 Å². The third-order valence-electron chi connectivity index (χ3n) is 2.93. The van der Waals surface area contributed by atoms with Crippen LogP contribution in [0.5, 0.6) is 0 Å². The molecule has 2 aromatic rings. The van der Waals surface area contributed by atoms with Gasteiger partial charge in [0.2, 0.25) is 0 Å². The molecule has 0 saturated heterocycles. The first-order valence-corrected chi connectivity index (χ1v) is 6.22. The molecule has 0 aliphatic heterocycles. The summed E-state index contributed by atoms with van der Waals surface area (Å²) >= 11 is 0. The molecule has 6 nitrogen and oxygen atoms in total. The molecule has 0 atom stereocenters. The lowest BCUT2D eigenvalue weighted by Gasteiger charge is -2.07. The van der Waals surface area contributed by atoms with Gasteiger partial charge in [-0.05, 0) is 24.3 Å². The molecule has 21 heavy (non-hydrogen) atoms. The van der Waals surface area contributed by atoms with Crippen molar-refractivity contribution in [2.75, 3.05) is 5.32 Å². The van der Waals surface area contributed by atoms with Gasteiger partial charge in [0.1, 0.15) is 11.6 Å². The van der Waals surface area contributed by atoms with E-state index in [4.69, 9.17) is 15.4 Å². The minimum Gasteiger partial charge on any atom is -0.469 e. The number of halogens is 1. The van der Waals surface area contributed by atoms with E-state index in [1.165, 1.54) is 24.5 Å². The summed E-state index contributed by atoms with van der Waals surface area (Å²) in [5, 5.41) is 13.8. The van der Waals surface area contributed by atoms with Crippen molar-refractivity contribution in [2.24, 2.45) is 10.9 Å². The lowest BCUT2D eigenvalue weighted by Crippen LogP contribution is -2.16. The van der Waals surface area contributed by atoms with E-state index in [0.29, 0.717) is 17.7 Å². The monoisotopic (exact) mass is 291 g/mol. The topological polar surface area (TPSA) is 101 Å². The van der Waals surface area contributed by atoms with Crippen LogP contribution in [0.1, 0.15) is 28.6 Å². The van der Waals surface area contributed by atoms with Gasteiger partial charge in [0.15, 0.2) is 5.84 Å². The summed E-state index contributed by atoms with van der Waals surface area (Å²) in [4.78, 5) is 12.1. The SMILES string of the molecule is CCc1occc1C(=O)Nc1ccc(/C(N)=N/O)cc1F. The zero-order chi connectivity index (χ0) is 15.4. The van der Waals surface area contributed by atoms with Gasteiger partial charge in [0.05, 0.1) is 17.5 Å². The van der Waals surface area contributed by atoms with Gasteiger partial charge in [-0.25, -0.2) is 4.39 Å². The van der Waals surface area contributed by atoms with E-state index in [-0.39, 0.29) is 17.1 Å². The first-order chi connectivity index (χ1) is 10.1. The molecule has 7 heteroatoms. The molecule has 1 heterocycles. The van der Waals surface area contributed by atoms with Crippen molar-refractivity contribution in [3.8, 4) is 0 Å². The number of anilines is 1. The Morgan fingerprint density at radius 3 is 2.86 bits per heavy atom. The summed E-state index contributed by atoms with van der Waals surface area (Å²) in [6, 6.07) is 5.37. The zero-order valence-electron chi connectivity index (χ0n) is 11.3. The lowest BCUT2D eigenvalue weighted by atomic mass is 10.1. The molecule has 1 amide bonds. The van der Waals surface area contributed by atoms with Crippen LogP contribution in [0, 0.1) is 5.82 Å². The van der Waals surface area contributed by atoms with Gasteiger partial charge in [0, 0.05) is 12.0 Å². The van der Waals surface area contributed by atoms with Crippen LogP contribution in [0.15, 0.2) is 40.1 Å². The number of amidine groups is 1. The second-order valence-electron chi connectivity index (χ2n) is 4.24. The molecule has 0 bridgehead atoms. The molecular weight excluding hydrogens is 277 g/mol. The number of amides is 1. The average molecular weight is 291 g/mol. The molecule has 0 radical (unpaired) electrons. The highest BCUT2D eigenvalue weighted by Gasteiger charge is 2.15. The van der Waals surface area contributed by atoms with E-state index in [9.17, 15) is 9.18 Å². The number of carbonyl (C=O) groups excluding carboxylic acids is 1. The van der Waals surface area contributed by atoms with Crippen molar-refractivity contribution < 1.29 is 18.8 Å². The maximum atomic E-state index is 13.9. The summed E-state index contributed by atoms with van der Waals surface area (Å²) in [5.74, 6) is -0.832. The number of hydrogen-bond acceptors (Lipinski definition) is 4. The molecule has 0 saturated carbocycles. The molecule has 1 aromatic carbocycles. The van der Waals surface area contributed by atoms with Gasteiger partial charge in [0.25, 0.3) is 5.91 Å². The summed E-state index contributed by atoms with van der Waals surface area (Å²) in [6.07, 6.45) is 1.96. The van der Waals surface area contributed by atoms with Crippen LogP contribution in [-0.2, 0) is 6.42 Å². The van der Waals surface area contributed by atoms with Crippen LogP contribution in [0.25, 0.3) is 0 Å². The van der Waals surface area contributed by atoms with Crippen LogP contribution in [0.3, 0.4) is 0 Å². The summed E-state index contributed by atoms with van der Waals surface area (Å²) < 4.78 is 19.1. The van der Waals surface area contributed by atoms with Gasteiger partial charge < -0.3 is 20.7 Å². The molecule has 0 spiro atoms. The maximum Gasteiger partial charge on any atom is 0.259 e. The van der Waals surface area contributed by atoms with Gasteiger partial charge in [-0.2, -0.15) is 0 Å². The van der Waals surface area contributed by atoms with Crippen LogP contribution >= 0.6 is 0 Å². The summed E-state index contributed by atoms with van der Waals surface area (Å²) in [6.45, 7) is 1.85. The maximum absolute atomic E-state index is 13.9. The normalized spacial score (nSPS) is 11.4. The minimum atomic E-state index is -0.686. The molecule has 0 fully saturated rings. The highest BCUT2D eigenvalue weighted by molar-refractivity contribution is 6.05. The Balaban J connectivity index is 2.22. The number of rotatable bonds is 4. The fourth-order valence-corrected chi connectivity index (χ4v) is 1.84. The first-order valence-electron chi connectivity index (χ1n) is 6.22. The van der Waals surface area contributed by atoms with Crippen molar-refractivity contribution in [3.05, 3.63) is 53.2 Å². The van der Waals surface area contributed by atoms with E-state index in [1.807, 2.05) is 6.92 Å². The predicted octanol–water partition coefficient (Wildman–Crippen LogP) is 2.33. The van der Waals surface area contributed by atoms with Crippen molar-refractivity contribution in [1.29, 1.82) is 0 Å². The number of benzene rings is 1. The Morgan fingerprint density at radius 2 is 2.24 bits per heavy atom. The first kappa shape index (κ1) is 14.6. The van der Waals surface area contributed by atoms with Crippen LogP contribution in [0.4, 0.5) is 10.1 Å². The predicted molar refractivity (Wildman–Crippen MR) is 75.0 cm³/mol. The van der Waals surface area contributed by atoms with Crippen molar-refractivity contribution in [2.45, 2.75) is 13.3 Å². The standard InChI is InChI=1S/C14H14FN3O3/c1-2-12-9(5-6-21-12)14(19)17-11-4-3-8(7-10(11)15)13(16)18-20/h3-7,20H,2H2,1H3,(H2,16,18)(H,17,19). The number of nitrogens with zero attached hydrogens (tertiary/aromatic N) is 1. The second kappa shape index (κ2) is 6.08. The Labute approximate surface area is 120 Å². The lowest BCUT2D eigenvalue weighted by molar-refractivity contribution is 0.102. The molecule has 0 aliphatic carbocycles. The van der Waals surface area contributed by atoms with E-state index in [1.54, 1.807) is 0 Å². The highest BCUT2D eigenvalue weighted by atomic mass is 19.1. The molecule has 1 aromatic heterocycles. The largest absolute Gasteiger partial charge is 0.469 e.